The van der Waals surface area contributed by atoms with Gasteiger partial charge in [0.25, 0.3) is 5.56 Å². The Balaban J connectivity index is 1.51. The number of halogens is 1. The predicted molar refractivity (Wildman–Crippen MR) is 150 cm³/mol. The lowest BCUT2D eigenvalue weighted by molar-refractivity contribution is 0.0828. The molecule has 1 aromatic heterocycles. The van der Waals surface area contributed by atoms with Crippen molar-refractivity contribution in [3.05, 3.63) is 63.5 Å². The quantitative estimate of drug-likeness (QED) is 0.464. The zero-order valence-electron chi connectivity index (χ0n) is 22.8. The van der Waals surface area contributed by atoms with Gasteiger partial charge in [-0.25, -0.2) is 9.37 Å². The first kappa shape index (κ1) is 26.6. The fraction of sp³-hybridized carbons (Fsp3) is 0.533. The fourth-order valence-electron chi connectivity index (χ4n) is 6.09. The molecule has 0 radical (unpaired) electrons. The van der Waals surface area contributed by atoms with Gasteiger partial charge in [0, 0.05) is 44.8 Å². The van der Waals surface area contributed by atoms with E-state index >= 15 is 0 Å². The Morgan fingerprint density at radius 2 is 1.84 bits per heavy atom. The summed E-state index contributed by atoms with van der Waals surface area (Å²) in [5.41, 5.74) is 4.26. The minimum Gasteiger partial charge on any atom is -0.393 e. The number of aliphatic hydroxyl groups excluding tert-OH is 1. The second-order valence-electron chi connectivity index (χ2n) is 11.1. The molecule has 2 fully saturated rings. The third-order valence-corrected chi connectivity index (χ3v) is 8.37. The molecule has 1 atom stereocenters. The van der Waals surface area contributed by atoms with Crippen molar-refractivity contribution in [1.29, 1.82) is 0 Å². The van der Waals surface area contributed by atoms with E-state index in [4.69, 9.17) is 9.72 Å². The van der Waals surface area contributed by atoms with Crippen molar-refractivity contribution < 1.29 is 14.2 Å². The van der Waals surface area contributed by atoms with E-state index in [9.17, 15) is 14.3 Å². The van der Waals surface area contributed by atoms with Crippen LogP contribution in [0, 0.1) is 12.7 Å². The molecule has 1 aliphatic carbocycles. The van der Waals surface area contributed by atoms with Gasteiger partial charge in [0.1, 0.15) is 11.6 Å². The molecular formula is C30H39FN4O3. The summed E-state index contributed by atoms with van der Waals surface area (Å²) < 4.78 is 21.7. The molecule has 38 heavy (non-hydrogen) atoms. The Hall–Kier alpha value is -2.97. The van der Waals surface area contributed by atoms with Crippen LogP contribution < -0.4 is 15.8 Å². The molecule has 2 aliphatic rings. The van der Waals surface area contributed by atoms with Gasteiger partial charge in [-0.3, -0.25) is 9.36 Å². The highest BCUT2D eigenvalue weighted by atomic mass is 19.1. The van der Waals surface area contributed by atoms with E-state index in [-0.39, 0.29) is 35.5 Å². The van der Waals surface area contributed by atoms with E-state index < -0.39 is 0 Å². The highest BCUT2D eigenvalue weighted by Gasteiger charge is 2.26. The van der Waals surface area contributed by atoms with Crippen LogP contribution in [0.15, 0.2) is 35.1 Å². The minimum atomic E-state index is -0.284. The number of nitrogens with zero attached hydrogens (tertiary/aromatic N) is 3. The number of ether oxygens (including phenoxy) is 1. The van der Waals surface area contributed by atoms with Crippen LogP contribution >= 0.6 is 0 Å². The molecule has 7 nitrogen and oxygen atoms in total. The van der Waals surface area contributed by atoms with Crippen molar-refractivity contribution in [1.82, 2.24) is 9.55 Å². The van der Waals surface area contributed by atoms with Gasteiger partial charge in [0.2, 0.25) is 0 Å². The Kier molecular flexibility index (Phi) is 7.73. The van der Waals surface area contributed by atoms with Gasteiger partial charge in [-0.15, -0.1) is 0 Å². The third-order valence-electron chi connectivity index (χ3n) is 8.37. The zero-order valence-corrected chi connectivity index (χ0v) is 22.8. The molecule has 1 saturated carbocycles. The van der Waals surface area contributed by atoms with Gasteiger partial charge < -0.3 is 20.1 Å². The van der Waals surface area contributed by atoms with E-state index in [0.29, 0.717) is 18.6 Å². The first-order valence-corrected chi connectivity index (χ1v) is 13.8. The van der Waals surface area contributed by atoms with E-state index in [0.717, 1.165) is 72.4 Å². The molecule has 3 aromatic rings. The lowest BCUT2D eigenvalue weighted by atomic mass is 9.92. The first-order valence-electron chi connectivity index (χ1n) is 13.8. The maximum atomic E-state index is 14.4. The number of hydrogen-bond acceptors (Lipinski definition) is 6. The molecule has 2 aromatic carbocycles. The molecule has 204 valence electrons. The standard InChI is InChI=1S/C30H39FN4O3/c1-18-15-24(28-25(16-18)30(37)35(4)29(33-28)20-11-13-38-14-12-20)19(2)32-26-10-5-21(31)17-27(26)34(3)22-6-8-23(36)9-7-22/h5,10,15-17,19-20,22-23,32,36H,6-9,11-14H2,1-4H3/t19-,22?,23?/m1/s1. The lowest BCUT2D eigenvalue weighted by Crippen LogP contribution is -2.36. The molecule has 0 bridgehead atoms. The number of hydrogen-bond donors (Lipinski definition) is 2. The number of aryl methyl sites for hydroxylation is 1. The number of fused-ring (bicyclic) bond motifs is 1. The van der Waals surface area contributed by atoms with E-state index in [1.165, 1.54) is 6.07 Å². The predicted octanol–water partition coefficient (Wildman–Crippen LogP) is 5.19. The Morgan fingerprint density at radius 1 is 1.13 bits per heavy atom. The molecule has 0 unspecified atom stereocenters. The van der Waals surface area contributed by atoms with Crippen LogP contribution in [0.5, 0.6) is 0 Å². The van der Waals surface area contributed by atoms with Crippen LogP contribution in [0.1, 0.15) is 74.4 Å². The summed E-state index contributed by atoms with van der Waals surface area (Å²) in [5.74, 6) is 0.715. The Bertz CT molecular complexity index is 1360. The number of benzene rings is 2. The van der Waals surface area contributed by atoms with Gasteiger partial charge in [-0.05, 0) is 82.2 Å². The van der Waals surface area contributed by atoms with Crippen LogP contribution in [-0.4, -0.2) is 47.1 Å². The van der Waals surface area contributed by atoms with Gasteiger partial charge in [0.15, 0.2) is 0 Å². The SMILES string of the molecule is Cc1cc([C@@H](C)Nc2ccc(F)cc2N(C)C2CCC(O)CC2)c2nc(C3CCOCC3)n(C)c(=O)c2c1. The van der Waals surface area contributed by atoms with Crippen LogP contribution in [0.4, 0.5) is 15.8 Å². The van der Waals surface area contributed by atoms with Gasteiger partial charge in [0.05, 0.1) is 34.4 Å². The average Bonchev–Trinajstić information content (AvgIpc) is 2.92. The number of nitrogens with one attached hydrogen (secondary N) is 1. The Morgan fingerprint density at radius 3 is 2.55 bits per heavy atom. The fourth-order valence-corrected chi connectivity index (χ4v) is 6.09. The van der Waals surface area contributed by atoms with Gasteiger partial charge in [-0.1, -0.05) is 6.07 Å². The van der Waals surface area contributed by atoms with Crippen LogP contribution in [-0.2, 0) is 11.8 Å². The molecule has 1 saturated heterocycles. The number of anilines is 2. The minimum absolute atomic E-state index is 0.0321. The summed E-state index contributed by atoms with van der Waals surface area (Å²) in [4.78, 5) is 20.7. The highest BCUT2D eigenvalue weighted by molar-refractivity contribution is 5.83. The molecule has 8 heteroatoms. The number of rotatable bonds is 6. The summed E-state index contributed by atoms with van der Waals surface area (Å²) in [6, 6.07) is 8.91. The van der Waals surface area contributed by atoms with Gasteiger partial charge in [-0.2, -0.15) is 0 Å². The Labute approximate surface area is 223 Å². The molecule has 5 rings (SSSR count). The van der Waals surface area contributed by atoms with Crippen molar-refractivity contribution in [2.24, 2.45) is 7.05 Å². The topological polar surface area (TPSA) is 79.6 Å². The third kappa shape index (κ3) is 5.29. The first-order chi connectivity index (χ1) is 18.2. The summed E-state index contributed by atoms with van der Waals surface area (Å²) in [7, 11) is 3.81. The molecule has 0 spiro atoms. The van der Waals surface area contributed by atoms with E-state index in [1.807, 2.05) is 27.1 Å². The van der Waals surface area contributed by atoms with Crippen LogP contribution in [0.3, 0.4) is 0 Å². The molecule has 1 aliphatic heterocycles. The van der Waals surface area contributed by atoms with Crippen molar-refractivity contribution in [3.63, 3.8) is 0 Å². The maximum Gasteiger partial charge on any atom is 0.261 e. The van der Waals surface area contributed by atoms with Crippen molar-refractivity contribution >= 4 is 22.3 Å². The van der Waals surface area contributed by atoms with Crippen LogP contribution in [0.25, 0.3) is 10.9 Å². The zero-order chi connectivity index (χ0) is 27.0. The molecule has 2 N–H and O–H groups in total. The molecule has 2 heterocycles. The molecular weight excluding hydrogens is 483 g/mol. The van der Waals surface area contributed by atoms with E-state index in [2.05, 4.69) is 23.2 Å². The second-order valence-corrected chi connectivity index (χ2v) is 11.1. The van der Waals surface area contributed by atoms with Crippen molar-refractivity contribution in [2.45, 2.75) is 76.5 Å². The maximum absolute atomic E-state index is 14.4. The number of aliphatic hydroxyl groups is 1. The second kappa shape index (κ2) is 11.0. The molecule has 0 amide bonds. The summed E-state index contributed by atoms with van der Waals surface area (Å²) >= 11 is 0. The highest BCUT2D eigenvalue weighted by Crippen LogP contribution is 2.35. The average molecular weight is 523 g/mol. The van der Waals surface area contributed by atoms with Gasteiger partial charge >= 0.3 is 0 Å². The smallest absolute Gasteiger partial charge is 0.261 e. The van der Waals surface area contributed by atoms with Crippen molar-refractivity contribution in [3.8, 4) is 0 Å². The summed E-state index contributed by atoms with van der Waals surface area (Å²) in [6.07, 6.45) is 4.71. The summed E-state index contributed by atoms with van der Waals surface area (Å²) in [5, 5.41) is 14.2. The summed E-state index contributed by atoms with van der Waals surface area (Å²) in [6.45, 7) is 5.41. The van der Waals surface area contributed by atoms with E-state index in [1.54, 1.807) is 16.7 Å². The number of aromatic nitrogens is 2. The van der Waals surface area contributed by atoms with Crippen LogP contribution in [0.2, 0.25) is 0 Å². The van der Waals surface area contributed by atoms with Crippen molar-refractivity contribution in [2.75, 3.05) is 30.5 Å². The largest absolute Gasteiger partial charge is 0.393 e. The normalized spacial score (nSPS) is 21.4. The monoisotopic (exact) mass is 522 g/mol. The lowest BCUT2D eigenvalue weighted by Gasteiger charge is -2.36.